The highest BCUT2D eigenvalue weighted by Gasteiger charge is 2.14. The van der Waals surface area contributed by atoms with E-state index in [0.29, 0.717) is 12.3 Å². The second kappa shape index (κ2) is 11.3. The highest BCUT2D eigenvalue weighted by molar-refractivity contribution is 5.87. The van der Waals surface area contributed by atoms with Crippen LogP contribution in [0.3, 0.4) is 0 Å². The van der Waals surface area contributed by atoms with Crippen molar-refractivity contribution < 1.29 is 9.53 Å². The average Bonchev–Trinajstić information content (AvgIpc) is 2.59. The molecule has 0 atom stereocenters. The molecule has 0 saturated carbocycles. The van der Waals surface area contributed by atoms with Gasteiger partial charge in [-0.1, -0.05) is 0 Å². The molecule has 0 aromatic carbocycles. The molecule has 0 N–H and O–H groups in total. The maximum atomic E-state index is 11.4. The number of terminal acetylenes is 2. The molecule has 3 nitrogen and oxygen atoms in total. The van der Waals surface area contributed by atoms with E-state index in [9.17, 15) is 4.79 Å². The molecule has 122 valence electrons. The van der Waals surface area contributed by atoms with Crippen LogP contribution in [0.4, 0.5) is 0 Å². The number of aromatic nitrogens is 1. The molecule has 23 heavy (non-hydrogen) atoms. The van der Waals surface area contributed by atoms with Crippen LogP contribution in [-0.4, -0.2) is 17.6 Å². The van der Waals surface area contributed by atoms with Gasteiger partial charge in [0.05, 0.1) is 6.61 Å². The predicted molar refractivity (Wildman–Crippen MR) is 93.0 cm³/mol. The first kappa shape index (κ1) is 18.8. The Bertz CT molecular complexity index is 562. The molecule has 1 heterocycles. The lowest BCUT2D eigenvalue weighted by molar-refractivity contribution is 0.0519. The Morgan fingerprint density at radius 2 is 1.78 bits per heavy atom. The summed E-state index contributed by atoms with van der Waals surface area (Å²) in [4.78, 5) is 15.6. The van der Waals surface area contributed by atoms with Crippen molar-refractivity contribution in [1.82, 2.24) is 4.98 Å². The zero-order valence-electron chi connectivity index (χ0n) is 13.9. The summed E-state index contributed by atoms with van der Waals surface area (Å²) in [6, 6.07) is 1.88. The Balaban J connectivity index is 0.000000284. The number of aryl methyl sites for hydroxylation is 2. The Morgan fingerprint density at radius 1 is 1.17 bits per heavy atom. The SMILES string of the molecule is C#CCCCCC#C.CCOC(=O)c1cc2c(cn1)CCCC2. The van der Waals surface area contributed by atoms with Crippen molar-refractivity contribution in [3.05, 3.63) is 29.1 Å². The molecule has 1 aromatic heterocycles. The fourth-order valence-electron chi connectivity index (χ4n) is 2.38. The number of fused-ring (bicyclic) bond motifs is 1. The van der Waals surface area contributed by atoms with E-state index in [0.717, 1.165) is 38.5 Å². The average molecular weight is 311 g/mol. The van der Waals surface area contributed by atoms with Gasteiger partial charge < -0.3 is 4.74 Å². The molecule has 2 rings (SSSR count). The molecular weight excluding hydrogens is 286 g/mol. The van der Waals surface area contributed by atoms with Crippen molar-refractivity contribution in [3.8, 4) is 24.7 Å². The molecule has 1 aliphatic rings. The van der Waals surface area contributed by atoms with Crippen molar-refractivity contribution in [1.29, 1.82) is 0 Å². The first-order chi connectivity index (χ1) is 11.2. The number of hydrogen-bond donors (Lipinski definition) is 0. The van der Waals surface area contributed by atoms with E-state index in [4.69, 9.17) is 17.6 Å². The summed E-state index contributed by atoms with van der Waals surface area (Å²) in [5.74, 6) is 4.80. The summed E-state index contributed by atoms with van der Waals surface area (Å²) in [5.41, 5.74) is 2.99. The van der Waals surface area contributed by atoms with Crippen molar-refractivity contribution in [2.24, 2.45) is 0 Å². The van der Waals surface area contributed by atoms with Crippen LogP contribution >= 0.6 is 0 Å². The Morgan fingerprint density at radius 3 is 2.35 bits per heavy atom. The smallest absolute Gasteiger partial charge is 0.356 e. The molecule has 0 fully saturated rings. The molecule has 0 aliphatic heterocycles. The lowest BCUT2D eigenvalue weighted by Crippen LogP contribution is -2.11. The van der Waals surface area contributed by atoms with Crippen LogP contribution in [0, 0.1) is 24.7 Å². The third kappa shape index (κ3) is 7.02. The van der Waals surface area contributed by atoms with Gasteiger partial charge in [0.25, 0.3) is 0 Å². The fourth-order valence-corrected chi connectivity index (χ4v) is 2.38. The zero-order valence-corrected chi connectivity index (χ0v) is 13.9. The summed E-state index contributed by atoms with van der Waals surface area (Å²) in [6.07, 6.45) is 20.3. The van der Waals surface area contributed by atoms with Gasteiger partial charge in [-0.15, -0.1) is 24.7 Å². The van der Waals surface area contributed by atoms with Crippen LogP contribution in [0.25, 0.3) is 0 Å². The summed E-state index contributed by atoms with van der Waals surface area (Å²) in [5, 5.41) is 0. The van der Waals surface area contributed by atoms with Crippen molar-refractivity contribution in [2.45, 2.75) is 58.3 Å². The Hall–Kier alpha value is -2.26. The third-order valence-corrected chi connectivity index (χ3v) is 3.60. The van der Waals surface area contributed by atoms with E-state index in [1.807, 2.05) is 12.3 Å². The van der Waals surface area contributed by atoms with Gasteiger partial charge in [0, 0.05) is 19.0 Å². The van der Waals surface area contributed by atoms with Crippen LogP contribution in [0.2, 0.25) is 0 Å². The summed E-state index contributed by atoms with van der Waals surface area (Å²) in [7, 11) is 0. The number of ether oxygens (including phenoxy) is 1. The van der Waals surface area contributed by atoms with Gasteiger partial charge in [-0.05, 0) is 62.6 Å². The number of nitrogens with zero attached hydrogens (tertiary/aromatic N) is 1. The molecule has 1 aromatic rings. The molecule has 1 aliphatic carbocycles. The standard InChI is InChI=1S/C12H15NO2.C8H10/c1-2-15-12(14)11-7-9-5-3-4-6-10(9)8-13-11;1-3-5-7-8-6-4-2/h7-8H,2-6H2,1H3;1-2H,5-8H2. The van der Waals surface area contributed by atoms with Crippen LogP contribution in [0.5, 0.6) is 0 Å². The molecule has 0 bridgehead atoms. The number of unbranched alkanes of at least 4 members (excludes halogenated alkanes) is 3. The number of esters is 1. The topological polar surface area (TPSA) is 39.2 Å². The largest absolute Gasteiger partial charge is 0.461 e. The van der Waals surface area contributed by atoms with Crippen LogP contribution in [-0.2, 0) is 17.6 Å². The van der Waals surface area contributed by atoms with Gasteiger partial charge in [-0.25, -0.2) is 9.78 Å². The summed E-state index contributed by atoms with van der Waals surface area (Å²) < 4.78 is 4.92. The predicted octanol–water partition coefficient (Wildman–Crippen LogP) is 3.95. The number of rotatable bonds is 5. The second-order valence-corrected chi connectivity index (χ2v) is 5.38. The van der Waals surface area contributed by atoms with Crippen LogP contribution in [0.1, 0.15) is 67.1 Å². The Kier molecular flexibility index (Phi) is 9.25. The second-order valence-electron chi connectivity index (χ2n) is 5.38. The monoisotopic (exact) mass is 311 g/mol. The molecule has 0 saturated heterocycles. The number of hydrogen-bond acceptors (Lipinski definition) is 3. The molecule has 3 heteroatoms. The quantitative estimate of drug-likeness (QED) is 0.469. The molecule has 0 unspecified atom stereocenters. The minimum atomic E-state index is -0.314. The maximum Gasteiger partial charge on any atom is 0.356 e. The minimum absolute atomic E-state index is 0.314. The van der Waals surface area contributed by atoms with Crippen molar-refractivity contribution in [2.75, 3.05) is 6.61 Å². The van der Waals surface area contributed by atoms with Crippen LogP contribution in [0.15, 0.2) is 12.3 Å². The number of carbonyl (C=O) groups excluding carboxylic acids is 1. The maximum absolute atomic E-state index is 11.4. The molecule has 0 spiro atoms. The van der Waals surface area contributed by atoms with E-state index in [2.05, 4.69) is 16.8 Å². The first-order valence-electron chi connectivity index (χ1n) is 8.24. The number of carbonyl (C=O) groups is 1. The lowest BCUT2D eigenvalue weighted by atomic mass is 9.93. The summed E-state index contributed by atoms with van der Waals surface area (Å²) in [6.45, 7) is 2.20. The van der Waals surface area contributed by atoms with Crippen molar-refractivity contribution in [3.63, 3.8) is 0 Å². The highest BCUT2D eigenvalue weighted by atomic mass is 16.5. The molecular formula is C20H25NO2. The minimum Gasteiger partial charge on any atom is -0.461 e. The van der Waals surface area contributed by atoms with E-state index < -0.39 is 0 Å². The van der Waals surface area contributed by atoms with Crippen LogP contribution < -0.4 is 0 Å². The van der Waals surface area contributed by atoms with Gasteiger partial charge in [0.15, 0.2) is 0 Å². The fraction of sp³-hybridized carbons (Fsp3) is 0.500. The van der Waals surface area contributed by atoms with Gasteiger partial charge in [-0.2, -0.15) is 0 Å². The van der Waals surface area contributed by atoms with Gasteiger partial charge in [0.2, 0.25) is 0 Å². The van der Waals surface area contributed by atoms with E-state index in [1.54, 1.807) is 6.92 Å². The van der Waals surface area contributed by atoms with Gasteiger partial charge >= 0.3 is 5.97 Å². The first-order valence-corrected chi connectivity index (χ1v) is 8.24. The number of pyridine rings is 1. The highest BCUT2D eigenvalue weighted by Crippen LogP contribution is 2.20. The van der Waals surface area contributed by atoms with E-state index in [1.165, 1.54) is 24.0 Å². The Labute approximate surface area is 139 Å². The summed E-state index contributed by atoms with van der Waals surface area (Å²) >= 11 is 0. The zero-order chi connectivity index (χ0) is 16.9. The van der Waals surface area contributed by atoms with Gasteiger partial charge in [-0.3, -0.25) is 0 Å². The lowest BCUT2D eigenvalue weighted by Gasteiger charge is -2.15. The molecule has 0 amide bonds. The van der Waals surface area contributed by atoms with Gasteiger partial charge in [0.1, 0.15) is 5.69 Å². The molecule has 0 radical (unpaired) electrons. The third-order valence-electron chi connectivity index (χ3n) is 3.60. The van der Waals surface area contributed by atoms with E-state index in [-0.39, 0.29) is 5.97 Å². The van der Waals surface area contributed by atoms with E-state index >= 15 is 0 Å². The van der Waals surface area contributed by atoms with Crippen molar-refractivity contribution >= 4 is 5.97 Å². The normalized spacial score (nSPS) is 12.0.